The van der Waals surface area contributed by atoms with Gasteiger partial charge in [-0.1, -0.05) is 6.07 Å². The number of nitrogens with two attached hydrogens (primary N) is 1. The summed E-state index contributed by atoms with van der Waals surface area (Å²) >= 11 is 0. The van der Waals surface area contributed by atoms with Crippen molar-refractivity contribution in [2.24, 2.45) is 0 Å². The van der Waals surface area contributed by atoms with E-state index in [-0.39, 0.29) is 5.91 Å². The van der Waals surface area contributed by atoms with Crippen molar-refractivity contribution in [2.45, 2.75) is 26.3 Å². The van der Waals surface area contributed by atoms with E-state index in [0.717, 1.165) is 37.6 Å². The third-order valence-corrected chi connectivity index (χ3v) is 3.78. The summed E-state index contributed by atoms with van der Waals surface area (Å²) < 4.78 is 5.39. The largest absolute Gasteiger partial charge is 0.398 e. The number of benzene rings is 1. The minimum absolute atomic E-state index is 0.0254. The number of carbonyl (C=O) groups excluding carboxylic acids is 1. The van der Waals surface area contributed by atoms with Gasteiger partial charge in [0.1, 0.15) is 0 Å². The zero-order chi connectivity index (χ0) is 14.5. The van der Waals surface area contributed by atoms with E-state index >= 15 is 0 Å². The lowest BCUT2D eigenvalue weighted by molar-refractivity contribution is -0.117. The molecule has 1 aliphatic rings. The van der Waals surface area contributed by atoms with Crippen molar-refractivity contribution in [3.8, 4) is 0 Å². The van der Waals surface area contributed by atoms with E-state index in [1.54, 1.807) is 0 Å². The first kappa shape index (κ1) is 14.8. The molecule has 1 unspecified atom stereocenters. The average Bonchev–Trinajstić information content (AvgIpc) is 2.43. The highest BCUT2D eigenvalue weighted by Crippen LogP contribution is 2.20. The van der Waals surface area contributed by atoms with Crippen LogP contribution in [0.2, 0.25) is 0 Å². The Labute approximate surface area is 120 Å². The Morgan fingerprint density at radius 1 is 1.55 bits per heavy atom. The lowest BCUT2D eigenvalue weighted by Gasteiger charge is -2.32. The fourth-order valence-corrected chi connectivity index (χ4v) is 2.34. The summed E-state index contributed by atoms with van der Waals surface area (Å²) in [6, 6.07) is 5.94. The Bertz CT molecular complexity index is 476. The maximum absolute atomic E-state index is 12.0. The molecule has 0 saturated carbocycles. The molecule has 0 bridgehead atoms. The quantitative estimate of drug-likeness (QED) is 0.821. The number of hydrogen-bond acceptors (Lipinski definition) is 4. The van der Waals surface area contributed by atoms with Crippen molar-refractivity contribution in [3.63, 3.8) is 0 Å². The Morgan fingerprint density at radius 2 is 2.35 bits per heavy atom. The van der Waals surface area contributed by atoms with E-state index in [9.17, 15) is 4.79 Å². The molecule has 1 aliphatic heterocycles. The Hall–Kier alpha value is -1.59. The molecular weight excluding hydrogens is 254 g/mol. The highest BCUT2D eigenvalue weighted by atomic mass is 16.5. The standard InChI is InChI=1S/C15H23N3O2/c1-11-10-20-9-8-18(11)7-6-15(19)17-14-5-3-4-13(16)12(14)2/h3-5,11H,6-10,16H2,1-2H3,(H,17,19). The highest BCUT2D eigenvalue weighted by Gasteiger charge is 2.19. The molecule has 1 heterocycles. The van der Waals surface area contributed by atoms with Gasteiger partial charge in [0.25, 0.3) is 0 Å². The monoisotopic (exact) mass is 277 g/mol. The first-order chi connectivity index (χ1) is 9.58. The van der Waals surface area contributed by atoms with Crippen LogP contribution in [0.5, 0.6) is 0 Å². The van der Waals surface area contributed by atoms with Crippen LogP contribution in [0.25, 0.3) is 0 Å². The van der Waals surface area contributed by atoms with Crippen LogP contribution in [0.4, 0.5) is 11.4 Å². The summed E-state index contributed by atoms with van der Waals surface area (Å²) in [5.74, 6) is 0.0254. The second kappa shape index (κ2) is 6.72. The maximum atomic E-state index is 12.0. The first-order valence-electron chi connectivity index (χ1n) is 7.04. The van der Waals surface area contributed by atoms with Gasteiger partial charge in [-0.25, -0.2) is 0 Å². The summed E-state index contributed by atoms with van der Waals surface area (Å²) in [6.07, 6.45) is 0.485. The van der Waals surface area contributed by atoms with Gasteiger partial charge in [-0.3, -0.25) is 9.69 Å². The number of rotatable bonds is 4. The molecule has 0 aliphatic carbocycles. The van der Waals surface area contributed by atoms with Crippen LogP contribution in [0, 0.1) is 6.92 Å². The van der Waals surface area contributed by atoms with E-state index in [0.29, 0.717) is 18.2 Å². The van der Waals surface area contributed by atoms with Crippen LogP contribution < -0.4 is 11.1 Å². The molecule has 1 atom stereocenters. The molecule has 0 radical (unpaired) electrons. The third-order valence-electron chi connectivity index (χ3n) is 3.78. The summed E-state index contributed by atoms with van der Waals surface area (Å²) in [4.78, 5) is 14.3. The lowest BCUT2D eigenvalue weighted by Crippen LogP contribution is -2.44. The van der Waals surface area contributed by atoms with Crippen LogP contribution in [0.3, 0.4) is 0 Å². The number of morpholine rings is 1. The molecule has 2 rings (SSSR count). The number of ether oxygens (including phenoxy) is 1. The van der Waals surface area contributed by atoms with Crippen LogP contribution >= 0.6 is 0 Å². The summed E-state index contributed by atoms with van der Waals surface area (Å²) in [6.45, 7) is 7.19. The summed E-state index contributed by atoms with van der Waals surface area (Å²) in [5, 5.41) is 2.93. The molecule has 0 spiro atoms. The minimum Gasteiger partial charge on any atom is -0.398 e. The van der Waals surface area contributed by atoms with Crippen molar-refractivity contribution in [1.82, 2.24) is 4.90 Å². The number of amides is 1. The molecule has 5 heteroatoms. The normalized spacial score (nSPS) is 19.8. The summed E-state index contributed by atoms with van der Waals surface area (Å²) in [7, 11) is 0. The van der Waals surface area contributed by atoms with E-state index in [1.165, 1.54) is 0 Å². The number of hydrogen-bond donors (Lipinski definition) is 2. The SMILES string of the molecule is Cc1c(N)cccc1NC(=O)CCN1CCOCC1C. The number of nitrogen functional groups attached to an aromatic ring is 1. The predicted molar refractivity (Wildman–Crippen MR) is 80.7 cm³/mol. The van der Waals surface area contributed by atoms with Crippen molar-refractivity contribution in [1.29, 1.82) is 0 Å². The topological polar surface area (TPSA) is 67.6 Å². The fraction of sp³-hybridized carbons (Fsp3) is 0.533. The van der Waals surface area contributed by atoms with Gasteiger partial charge in [-0.15, -0.1) is 0 Å². The Kier molecular flexibility index (Phi) is 4.98. The smallest absolute Gasteiger partial charge is 0.225 e. The molecule has 1 aromatic carbocycles. The number of anilines is 2. The number of nitrogens with zero attached hydrogens (tertiary/aromatic N) is 1. The lowest BCUT2D eigenvalue weighted by atomic mass is 10.1. The van der Waals surface area contributed by atoms with Gasteiger partial charge in [0.15, 0.2) is 0 Å². The Balaban J connectivity index is 1.85. The van der Waals surface area contributed by atoms with Crippen molar-refractivity contribution in [2.75, 3.05) is 37.4 Å². The zero-order valence-corrected chi connectivity index (χ0v) is 12.2. The first-order valence-corrected chi connectivity index (χ1v) is 7.04. The van der Waals surface area contributed by atoms with E-state index in [2.05, 4.69) is 17.1 Å². The molecule has 3 N–H and O–H groups in total. The average molecular weight is 277 g/mol. The van der Waals surface area contributed by atoms with Crippen LogP contribution in [-0.4, -0.2) is 43.2 Å². The van der Waals surface area contributed by atoms with E-state index < -0.39 is 0 Å². The van der Waals surface area contributed by atoms with Crippen LogP contribution in [0.15, 0.2) is 18.2 Å². The zero-order valence-electron chi connectivity index (χ0n) is 12.2. The molecule has 1 saturated heterocycles. The van der Waals surface area contributed by atoms with E-state index in [4.69, 9.17) is 10.5 Å². The van der Waals surface area contributed by atoms with Gasteiger partial charge >= 0.3 is 0 Å². The fourth-order valence-electron chi connectivity index (χ4n) is 2.34. The van der Waals surface area contributed by atoms with Gasteiger partial charge < -0.3 is 15.8 Å². The van der Waals surface area contributed by atoms with Crippen molar-refractivity contribution in [3.05, 3.63) is 23.8 Å². The predicted octanol–water partition coefficient (Wildman–Crippen LogP) is 1.63. The molecular formula is C15H23N3O2. The van der Waals surface area contributed by atoms with Gasteiger partial charge in [0.2, 0.25) is 5.91 Å². The molecule has 0 aromatic heterocycles. The highest BCUT2D eigenvalue weighted by molar-refractivity contribution is 5.92. The maximum Gasteiger partial charge on any atom is 0.225 e. The Morgan fingerprint density at radius 3 is 3.10 bits per heavy atom. The molecule has 1 amide bonds. The van der Waals surface area contributed by atoms with Crippen molar-refractivity contribution < 1.29 is 9.53 Å². The second-order valence-electron chi connectivity index (χ2n) is 5.28. The molecule has 20 heavy (non-hydrogen) atoms. The minimum atomic E-state index is 0.0254. The third kappa shape index (κ3) is 3.71. The second-order valence-corrected chi connectivity index (χ2v) is 5.28. The molecule has 1 aromatic rings. The number of carbonyl (C=O) groups is 1. The molecule has 1 fully saturated rings. The molecule has 110 valence electrons. The van der Waals surface area contributed by atoms with E-state index in [1.807, 2.05) is 25.1 Å². The van der Waals surface area contributed by atoms with Crippen molar-refractivity contribution >= 4 is 17.3 Å². The van der Waals surface area contributed by atoms with Gasteiger partial charge in [0.05, 0.1) is 13.2 Å². The van der Waals surface area contributed by atoms with Crippen LogP contribution in [-0.2, 0) is 9.53 Å². The van der Waals surface area contributed by atoms with Gasteiger partial charge in [-0.05, 0) is 31.5 Å². The summed E-state index contributed by atoms with van der Waals surface area (Å²) in [5.41, 5.74) is 8.24. The number of nitrogens with one attached hydrogen (secondary N) is 1. The van der Waals surface area contributed by atoms with Gasteiger partial charge in [-0.2, -0.15) is 0 Å². The van der Waals surface area contributed by atoms with Crippen LogP contribution in [0.1, 0.15) is 18.9 Å². The molecule has 5 nitrogen and oxygen atoms in total. The van der Waals surface area contributed by atoms with Gasteiger partial charge in [0, 0.05) is 36.9 Å².